The number of carbonyl (C=O) groups is 1. The van der Waals surface area contributed by atoms with Crippen LogP contribution in [0.4, 0.5) is 13.2 Å². The number of likely N-dealkylation sites (tertiary alicyclic amines) is 1. The van der Waals surface area contributed by atoms with Crippen molar-refractivity contribution in [2.24, 2.45) is 0 Å². The van der Waals surface area contributed by atoms with E-state index in [4.69, 9.17) is 4.52 Å². The Morgan fingerprint density at radius 2 is 1.58 bits per heavy atom. The zero-order valence-electron chi connectivity index (χ0n) is 17.3. The van der Waals surface area contributed by atoms with Crippen LogP contribution in [0.2, 0.25) is 0 Å². The fourth-order valence-electron chi connectivity index (χ4n) is 3.98. The van der Waals surface area contributed by atoms with Gasteiger partial charge >= 0.3 is 6.18 Å². The Labute approximate surface area is 178 Å². The van der Waals surface area contributed by atoms with Gasteiger partial charge in [0.15, 0.2) is 0 Å². The van der Waals surface area contributed by atoms with Crippen LogP contribution in [0.3, 0.4) is 0 Å². The second-order valence-corrected chi connectivity index (χ2v) is 8.08. The zero-order chi connectivity index (χ0) is 21.8. The lowest BCUT2D eigenvalue weighted by atomic mass is 10.1. The molecule has 3 heterocycles. The van der Waals surface area contributed by atoms with Crippen molar-refractivity contribution in [3.63, 3.8) is 0 Å². The number of piperidine rings is 1. The molecule has 2 aliphatic heterocycles. The van der Waals surface area contributed by atoms with Crippen molar-refractivity contribution in [1.29, 1.82) is 0 Å². The molecule has 0 unspecified atom stereocenters. The summed E-state index contributed by atoms with van der Waals surface area (Å²) in [6.07, 6.45) is -0.976. The van der Waals surface area contributed by atoms with Crippen molar-refractivity contribution in [1.82, 2.24) is 24.8 Å². The highest BCUT2D eigenvalue weighted by molar-refractivity contribution is 5.78. The maximum absolute atomic E-state index is 12.7. The summed E-state index contributed by atoms with van der Waals surface area (Å²) in [6, 6.07) is 4.71. The van der Waals surface area contributed by atoms with Gasteiger partial charge in [-0.3, -0.25) is 14.6 Å². The third-order valence-electron chi connectivity index (χ3n) is 5.83. The maximum atomic E-state index is 12.7. The van der Waals surface area contributed by atoms with E-state index < -0.39 is 11.7 Å². The van der Waals surface area contributed by atoms with E-state index in [2.05, 4.69) is 19.9 Å². The van der Waals surface area contributed by atoms with E-state index in [0.29, 0.717) is 24.5 Å². The molecule has 0 spiro atoms. The second-order valence-electron chi connectivity index (χ2n) is 8.08. The minimum Gasteiger partial charge on any atom is -0.342 e. The number of aromatic nitrogens is 2. The van der Waals surface area contributed by atoms with Crippen molar-refractivity contribution in [2.45, 2.75) is 32.0 Å². The molecule has 168 valence electrons. The Morgan fingerprint density at radius 3 is 2.23 bits per heavy atom. The van der Waals surface area contributed by atoms with Gasteiger partial charge in [-0.1, -0.05) is 17.3 Å². The molecule has 0 saturated carbocycles. The normalized spacial score (nSPS) is 19.0. The van der Waals surface area contributed by atoms with E-state index in [-0.39, 0.29) is 11.7 Å². The van der Waals surface area contributed by atoms with Crippen LogP contribution in [0, 0.1) is 0 Å². The first-order valence-electron chi connectivity index (χ1n) is 10.6. The fraction of sp³-hybridized carbons (Fsp3) is 0.571. The van der Waals surface area contributed by atoms with Gasteiger partial charge in [0, 0.05) is 44.8 Å². The average molecular weight is 437 g/mol. The number of hydrogen-bond acceptors (Lipinski definition) is 6. The first kappa shape index (κ1) is 21.8. The second kappa shape index (κ2) is 9.35. The summed E-state index contributed by atoms with van der Waals surface area (Å²) in [7, 11) is 0. The molecule has 31 heavy (non-hydrogen) atoms. The van der Waals surface area contributed by atoms with Crippen LogP contribution in [0.5, 0.6) is 0 Å². The lowest BCUT2D eigenvalue weighted by molar-refractivity contribution is -0.137. The number of halogens is 3. The molecule has 1 aromatic heterocycles. The molecular weight excluding hydrogens is 411 g/mol. The van der Waals surface area contributed by atoms with Crippen LogP contribution in [0.25, 0.3) is 11.4 Å². The first-order chi connectivity index (χ1) is 14.9. The molecule has 2 fully saturated rings. The van der Waals surface area contributed by atoms with E-state index in [0.717, 1.165) is 64.2 Å². The molecule has 0 N–H and O–H groups in total. The van der Waals surface area contributed by atoms with Crippen LogP contribution in [0.15, 0.2) is 28.8 Å². The monoisotopic (exact) mass is 437 g/mol. The van der Waals surface area contributed by atoms with Crippen molar-refractivity contribution in [3.8, 4) is 11.4 Å². The van der Waals surface area contributed by atoms with Crippen molar-refractivity contribution < 1.29 is 22.5 Å². The van der Waals surface area contributed by atoms with Gasteiger partial charge in [-0.05, 0) is 31.4 Å². The number of rotatable bonds is 5. The Morgan fingerprint density at radius 1 is 0.935 bits per heavy atom. The summed E-state index contributed by atoms with van der Waals surface area (Å²) in [5.74, 6) is 0.911. The SMILES string of the molecule is O=C(CN1CCN(Cc2nc(-c3ccc(C(F)(F)F)cc3)no2)CC1)N1CCCCC1. The number of amides is 1. The van der Waals surface area contributed by atoms with Gasteiger partial charge in [-0.25, -0.2) is 0 Å². The van der Waals surface area contributed by atoms with Crippen LogP contribution in [-0.4, -0.2) is 76.6 Å². The highest BCUT2D eigenvalue weighted by Crippen LogP contribution is 2.30. The summed E-state index contributed by atoms with van der Waals surface area (Å²) in [5.41, 5.74) is -0.236. The molecule has 0 radical (unpaired) electrons. The molecule has 10 heteroatoms. The maximum Gasteiger partial charge on any atom is 0.416 e. The number of piperazine rings is 1. The van der Waals surface area contributed by atoms with E-state index >= 15 is 0 Å². The predicted octanol–water partition coefficient (Wildman–Crippen LogP) is 2.89. The Kier molecular flexibility index (Phi) is 6.57. The molecule has 4 rings (SSSR count). The fourth-order valence-corrected chi connectivity index (χ4v) is 3.98. The molecule has 7 nitrogen and oxygen atoms in total. The van der Waals surface area contributed by atoms with Crippen LogP contribution in [0.1, 0.15) is 30.7 Å². The molecule has 0 aliphatic carbocycles. The van der Waals surface area contributed by atoms with Gasteiger partial charge in [-0.2, -0.15) is 18.2 Å². The van der Waals surface area contributed by atoms with Gasteiger partial charge in [0.05, 0.1) is 18.7 Å². The van der Waals surface area contributed by atoms with Gasteiger partial charge in [0.2, 0.25) is 17.6 Å². The summed E-state index contributed by atoms with van der Waals surface area (Å²) >= 11 is 0. The molecule has 2 saturated heterocycles. The molecule has 2 aliphatic rings. The van der Waals surface area contributed by atoms with E-state index in [9.17, 15) is 18.0 Å². The largest absolute Gasteiger partial charge is 0.416 e. The molecule has 2 aromatic rings. The minimum atomic E-state index is -4.37. The summed E-state index contributed by atoms with van der Waals surface area (Å²) in [4.78, 5) is 23.1. The number of carbonyl (C=O) groups excluding carboxylic acids is 1. The third kappa shape index (κ3) is 5.62. The van der Waals surface area contributed by atoms with Crippen molar-refractivity contribution >= 4 is 5.91 Å². The number of benzene rings is 1. The molecule has 1 aromatic carbocycles. The average Bonchev–Trinajstić information content (AvgIpc) is 3.24. The van der Waals surface area contributed by atoms with Gasteiger partial charge in [-0.15, -0.1) is 0 Å². The minimum absolute atomic E-state index is 0.214. The Bertz CT molecular complexity index is 870. The first-order valence-corrected chi connectivity index (χ1v) is 10.6. The number of alkyl halides is 3. The van der Waals surface area contributed by atoms with Crippen LogP contribution < -0.4 is 0 Å². The lowest BCUT2D eigenvalue weighted by Gasteiger charge is -2.35. The summed E-state index contributed by atoms with van der Waals surface area (Å²) in [6.45, 7) is 5.83. The van der Waals surface area contributed by atoms with Gasteiger partial charge in [0.25, 0.3) is 0 Å². The van der Waals surface area contributed by atoms with Crippen LogP contribution >= 0.6 is 0 Å². The summed E-state index contributed by atoms with van der Waals surface area (Å²) in [5, 5.41) is 3.90. The van der Waals surface area contributed by atoms with Crippen molar-refractivity contribution in [2.75, 3.05) is 45.8 Å². The highest BCUT2D eigenvalue weighted by atomic mass is 19.4. The topological polar surface area (TPSA) is 65.7 Å². The van der Waals surface area contributed by atoms with E-state index in [1.807, 2.05) is 4.90 Å². The van der Waals surface area contributed by atoms with Crippen molar-refractivity contribution in [3.05, 3.63) is 35.7 Å². The zero-order valence-corrected chi connectivity index (χ0v) is 17.3. The highest BCUT2D eigenvalue weighted by Gasteiger charge is 2.30. The van der Waals surface area contributed by atoms with E-state index in [1.54, 1.807) is 0 Å². The standard InChI is InChI=1S/C21H26F3N5O2/c22-21(23,24)17-6-4-16(5-7-17)20-25-18(31-26-20)14-27-10-12-28(13-11-27)15-19(30)29-8-2-1-3-9-29/h4-7H,1-3,8-15H2. The Balaban J connectivity index is 1.26. The predicted molar refractivity (Wildman–Crippen MR) is 107 cm³/mol. The molecule has 0 atom stereocenters. The van der Waals surface area contributed by atoms with E-state index in [1.165, 1.54) is 18.6 Å². The number of hydrogen-bond donors (Lipinski definition) is 0. The lowest BCUT2D eigenvalue weighted by Crippen LogP contribution is -2.50. The van der Waals surface area contributed by atoms with Crippen LogP contribution in [-0.2, 0) is 17.5 Å². The smallest absolute Gasteiger partial charge is 0.342 e. The van der Waals surface area contributed by atoms with Gasteiger partial charge in [0.1, 0.15) is 0 Å². The molecule has 1 amide bonds. The molecule has 0 bridgehead atoms. The number of nitrogens with zero attached hydrogens (tertiary/aromatic N) is 5. The third-order valence-corrected chi connectivity index (χ3v) is 5.83. The van der Waals surface area contributed by atoms with Gasteiger partial charge < -0.3 is 9.42 Å². The quantitative estimate of drug-likeness (QED) is 0.717. The Hall–Kier alpha value is -2.46. The molecular formula is C21H26F3N5O2. The summed E-state index contributed by atoms with van der Waals surface area (Å²) < 4.78 is 43.4.